The summed E-state index contributed by atoms with van der Waals surface area (Å²) >= 11 is 0. The number of nitrogens with zero attached hydrogens (tertiary/aromatic N) is 5. The molecule has 0 atom stereocenters. The van der Waals surface area contributed by atoms with Crippen molar-refractivity contribution < 1.29 is 0 Å². The lowest BCUT2D eigenvalue weighted by Gasteiger charge is -2.13. The second kappa shape index (κ2) is 11.8. The van der Waals surface area contributed by atoms with Gasteiger partial charge in [0.2, 0.25) is 0 Å². The van der Waals surface area contributed by atoms with E-state index in [0.717, 1.165) is 61.0 Å². The lowest BCUT2D eigenvalue weighted by atomic mass is 10.0. The Morgan fingerprint density at radius 3 is 1.44 bits per heavy atom. The maximum Gasteiger partial charge on any atom is 0.101 e. The highest BCUT2D eigenvalue weighted by molar-refractivity contribution is 6.13. The molecule has 55 heavy (non-hydrogen) atoms. The van der Waals surface area contributed by atoms with Crippen LogP contribution in [-0.2, 0) is 0 Å². The predicted molar refractivity (Wildman–Crippen MR) is 224 cm³/mol. The monoisotopic (exact) mass is 699 g/mol. The molecule has 5 heteroatoms. The van der Waals surface area contributed by atoms with E-state index >= 15 is 0 Å². The Balaban J connectivity index is 1.05. The van der Waals surface area contributed by atoms with Gasteiger partial charge in [-0.05, 0) is 96.1 Å². The van der Waals surface area contributed by atoms with Crippen molar-refractivity contribution in [3.05, 3.63) is 187 Å². The first-order valence-electron chi connectivity index (χ1n) is 18.3. The van der Waals surface area contributed by atoms with Crippen LogP contribution in [0, 0.1) is 22.7 Å². The zero-order chi connectivity index (χ0) is 36.6. The summed E-state index contributed by atoms with van der Waals surface area (Å²) in [4.78, 5) is 0. The van der Waals surface area contributed by atoms with Gasteiger partial charge in [-0.15, -0.1) is 0 Å². The highest BCUT2D eigenvalue weighted by Crippen LogP contribution is 2.39. The van der Waals surface area contributed by atoms with Crippen LogP contribution in [0.15, 0.2) is 176 Å². The van der Waals surface area contributed by atoms with Crippen molar-refractivity contribution in [2.24, 2.45) is 0 Å². The van der Waals surface area contributed by atoms with E-state index in [9.17, 15) is 10.5 Å². The maximum absolute atomic E-state index is 10.6. The normalized spacial score (nSPS) is 11.6. The molecule has 0 fully saturated rings. The SMILES string of the molecule is N#Cc1ccc2c(c1)c1ccccc1n2-c1ccc(-c2cccc(-n3c4ccccc4c4cc(-n5c6ccccc6c6ccccc65)ccc43)c2)cc1C#N. The highest BCUT2D eigenvalue weighted by atomic mass is 15.0. The maximum atomic E-state index is 10.6. The summed E-state index contributed by atoms with van der Waals surface area (Å²) in [6.45, 7) is 0. The second-order valence-corrected chi connectivity index (χ2v) is 14.0. The largest absolute Gasteiger partial charge is 0.309 e. The number of hydrogen-bond donors (Lipinski definition) is 0. The van der Waals surface area contributed by atoms with Gasteiger partial charge in [-0.1, -0.05) is 91.0 Å². The van der Waals surface area contributed by atoms with Gasteiger partial charge >= 0.3 is 0 Å². The Bertz CT molecular complexity index is 3420. The lowest BCUT2D eigenvalue weighted by Crippen LogP contribution is -1.98. The number of benzene rings is 8. The molecule has 0 saturated heterocycles. The van der Waals surface area contributed by atoms with Crippen LogP contribution < -0.4 is 0 Å². The van der Waals surface area contributed by atoms with Crippen molar-refractivity contribution in [3.63, 3.8) is 0 Å². The van der Waals surface area contributed by atoms with E-state index in [0.29, 0.717) is 11.1 Å². The molecular formula is C50H29N5. The third kappa shape index (κ3) is 4.51. The minimum Gasteiger partial charge on any atom is -0.309 e. The van der Waals surface area contributed by atoms with Crippen LogP contribution in [0.1, 0.15) is 11.1 Å². The van der Waals surface area contributed by atoms with E-state index in [1.54, 1.807) is 0 Å². The average Bonchev–Trinajstić information content (AvgIpc) is 3.88. The fourth-order valence-electron chi connectivity index (χ4n) is 8.71. The van der Waals surface area contributed by atoms with Gasteiger partial charge in [-0.25, -0.2) is 0 Å². The van der Waals surface area contributed by atoms with Crippen molar-refractivity contribution in [2.45, 2.75) is 0 Å². The molecule has 3 heterocycles. The molecular weight excluding hydrogens is 671 g/mol. The molecule has 0 saturated carbocycles. The first-order chi connectivity index (χ1) is 27.2. The van der Waals surface area contributed by atoms with Crippen LogP contribution in [-0.4, -0.2) is 13.7 Å². The highest BCUT2D eigenvalue weighted by Gasteiger charge is 2.18. The number of hydrogen-bond acceptors (Lipinski definition) is 2. The molecule has 0 unspecified atom stereocenters. The summed E-state index contributed by atoms with van der Waals surface area (Å²) in [5, 5.41) is 27.1. The van der Waals surface area contributed by atoms with Crippen LogP contribution in [0.4, 0.5) is 0 Å². The van der Waals surface area contributed by atoms with Gasteiger partial charge < -0.3 is 13.7 Å². The van der Waals surface area contributed by atoms with Crippen LogP contribution in [0.25, 0.3) is 93.6 Å². The summed E-state index contributed by atoms with van der Waals surface area (Å²) in [5.41, 5.74) is 12.7. The average molecular weight is 700 g/mol. The van der Waals surface area contributed by atoms with E-state index in [-0.39, 0.29) is 0 Å². The molecule has 0 aliphatic carbocycles. The van der Waals surface area contributed by atoms with E-state index in [1.807, 2.05) is 42.5 Å². The molecule has 11 rings (SSSR count). The fourth-order valence-corrected chi connectivity index (χ4v) is 8.71. The summed E-state index contributed by atoms with van der Waals surface area (Å²) < 4.78 is 6.85. The third-order valence-electron chi connectivity index (χ3n) is 11.1. The smallest absolute Gasteiger partial charge is 0.101 e. The molecule has 0 N–H and O–H groups in total. The predicted octanol–water partition coefficient (Wildman–Crippen LogP) is 12.4. The van der Waals surface area contributed by atoms with Gasteiger partial charge in [0.25, 0.3) is 0 Å². The molecule has 0 spiro atoms. The number of aromatic nitrogens is 3. The Hall–Kier alpha value is -7.86. The quantitative estimate of drug-likeness (QED) is 0.184. The topological polar surface area (TPSA) is 62.4 Å². The molecule has 0 radical (unpaired) electrons. The first kappa shape index (κ1) is 30.7. The van der Waals surface area contributed by atoms with Gasteiger partial charge in [0.15, 0.2) is 0 Å². The van der Waals surface area contributed by atoms with Crippen LogP contribution in [0.3, 0.4) is 0 Å². The summed E-state index contributed by atoms with van der Waals surface area (Å²) in [6, 6.07) is 66.0. The Kier molecular flexibility index (Phi) is 6.61. The van der Waals surface area contributed by atoms with Gasteiger partial charge in [0.1, 0.15) is 6.07 Å². The van der Waals surface area contributed by atoms with Gasteiger partial charge in [-0.3, -0.25) is 0 Å². The molecule has 3 aromatic heterocycles. The minimum atomic E-state index is 0.573. The van der Waals surface area contributed by atoms with Crippen LogP contribution in [0.5, 0.6) is 0 Å². The number of rotatable bonds is 4. The summed E-state index contributed by atoms with van der Waals surface area (Å²) in [5.74, 6) is 0. The molecule has 0 aliphatic heterocycles. The first-order valence-corrected chi connectivity index (χ1v) is 18.3. The van der Waals surface area contributed by atoms with Gasteiger partial charge in [0.05, 0.1) is 56.0 Å². The number of para-hydroxylation sites is 4. The zero-order valence-electron chi connectivity index (χ0n) is 29.5. The van der Waals surface area contributed by atoms with Crippen molar-refractivity contribution in [1.29, 1.82) is 10.5 Å². The van der Waals surface area contributed by atoms with Crippen molar-refractivity contribution >= 4 is 65.4 Å². The van der Waals surface area contributed by atoms with Gasteiger partial charge in [0, 0.05) is 43.7 Å². The number of fused-ring (bicyclic) bond motifs is 9. The van der Waals surface area contributed by atoms with Crippen LogP contribution in [0.2, 0.25) is 0 Å². The Morgan fingerprint density at radius 2 is 0.818 bits per heavy atom. The molecule has 254 valence electrons. The molecule has 0 bridgehead atoms. The van der Waals surface area contributed by atoms with E-state index < -0.39 is 0 Å². The number of nitriles is 2. The van der Waals surface area contributed by atoms with Crippen molar-refractivity contribution in [2.75, 3.05) is 0 Å². The fraction of sp³-hybridized carbons (Fsp3) is 0. The second-order valence-electron chi connectivity index (χ2n) is 14.0. The molecule has 8 aromatic carbocycles. The van der Waals surface area contributed by atoms with E-state index in [4.69, 9.17) is 0 Å². The Morgan fingerprint density at radius 1 is 0.327 bits per heavy atom. The summed E-state index contributed by atoms with van der Waals surface area (Å²) in [7, 11) is 0. The standard InChI is InChI=1S/C50H29N5/c51-30-32-20-23-50-42(26-32)40-14-4-8-19-48(40)55(50)44-24-21-34(27-35(44)31-52)33-10-9-11-36(28-33)53-47-18-7-3-15-41(47)43-29-37(22-25-49(43)53)54-45-16-5-1-12-38(45)39-13-2-6-17-46(39)54/h1-29H. The Labute approximate surface area is 316 Å². The van der Waals surface area contributed by atoms with Crippen molar-refractivity contribution in [1.82, 2.24) is 13.7 Å². The minimum absolute atomic E-state index is 0.573. The third-order valence-corrected chi connectivity index (χ3v) is 11.1. The molecule has 5 nitrogen and oxygen atoms in total. The van der Waals surface area contributed by atoms with Crippen LogP contribution >= 0.6 is 0 Å². The van der Waals surface area contributed by atoms with E-state index in [2.05, 4.69) is 159 Å². The molecule has 0 aliphatic rings. The zero-order valence-corrected chi connectivity index (χ0v) is 29.5. The van der Waals surface area contributed by atoms with Gasteiger partial charge in [-0.2, -0.15) is 10.5 Å². The molecule has 11 aromatic rings. The summed E-state index contributed by atoms with van der Waals surface area (Å²) in [6.07, 6.45) is 0. The van der Waals surface area contributed by atoms with E-state index in [1.165, 1.54) is 32.6 Å². The molecule has 0 amide bonds. The lowest BCUT2D eigenvalue weighted by molar-refractivity contribution is 1.16. The van der Waals surface area contributed by atoms with Crippen molar-refractivity contribution in [3.8, 4) is 40.3 Å².